The van der Waals surface area contributed by atoms with Crippen molar-refractivity contribution in [1.82, 2.24) is 9.47 Å². The van der Waals surface area contributed by atoms with E-state index in [0.717, 1.165) is 32.5 Å². The Morgan fingerprint density at radius 3 is 2.20 bits per heavy atom. The molecule has 2 aromatic carbocycles. The maximum Gasteiger partial charge on any atom is 0.259 e. The largest absolute Gasteiger partial charge is 0.493 e. The third-order valence-electron chi connectivity index (χ3n) is 6.86. The summed E-state index contributed by atoms with van der Waals surface area (Å²) in [5.74, 6) is 1.90. The molecule has 1 aliphatic heterocycles. The fourth-order valence-electron chi connectivity index (χ4n) is 5.15. The van der Waals surface area contributed by atoms with Gasteiger partial charge in [0, 0.05) is 23.1 Å². The van der Waals surface area contributed by atoms with E-state index in [-0.39, 0.29) is 18.1 Å². The number of fused-ring (bicyclic) bond motifs is 6. The summed E-state index contributed by atoms with van der Waals surface area (Å²) in [7, 11) is 3.07. The van der Waals surface area contributed by atoms with Crippen molar-refractivity contribution in [2.75, 3.05) is 40.6 Å². The van der Waals surface area contributed by atoms with Crippen molar-refractivity contribution < 1.29 is 23.7 Å². The minimum atomic E-state index is -0.156. The number of pyridine rings is 1. The predicted octanol–water partition coefficient (Wildman–Crippen LogP) is 4.08. The average molecular weight is 479 g/mol. The summed E-state index contributed by atoms with van der Waals surface area (Å²) >= 11 is 0. The molecule has 3 aromatic rings. The van der Waals surface area contributed by atoms with Crippen LogP contribution in [0.2, 0.25) is 0 Å². The Kier molecular flexibility index (Phi) is 6.15. The molecular weight excluding hydrogens is 448 g/mol. The van der Waals surface area contributed by atoms with Gasteiger partial charge in [-0.25, -0.2) is 0 Å². The van der Waals surface area contributed by atoms with Gasteiger partial charge in [0.05, 0.1) is 30.9 Å². The van der Waals surface area contributed by atoms with Crippen LogP contribution in [0.4, 0.5) is 0 Å². The number of benzene rings is 2. The van der Waals surface area contributed by atoms with Crippen molar-refractivity contribution in [2.45, 2.75) is 33.2 Å². The van der Waals surface area contributed by atoms with Gasteiger partial charge < -0.3 is 28.4 Å². The molecule has 0 spiro atoms. The van der Waals surface area contributed by atoms with E-state index in [1.165, 1.54) is 14.2 Å². The molecule has 184 valence electrons. The molecule has 35 heavy (non-hydrogen) atoms. The summed E-state index contributed by atoms with van der Waals surface area (Å²) in [5, 5.41) is 0.992. The first-order chi connectivity index (χ1) is 17.0. The normalized spacial score (nSPS) is 13.5. The summed E-state index contributed by atoms with van der Waals surface area (Å²) in [6.07, 6.45) is 1.86. The van der Waals surface area contributed by atoms with Crippen LogP contribution in [0.3, 0.4) is 0 Å². The first kappa shape index (κ1) is 23.2. The smallest absolute Gasteiger partial charge is 0.259 e. The van der Waals surface area contributed by atoms with Crippen molar-refractivity contribution >= 4 is 16.6 Å². The van der Waals surface area contributed by atoms with E-state index in [1.54, 1.807) is 22.8 Å². The Morgan fingerprint density at radius 2 is 1.57 bits per heavy atom. The lowest BCUT2D eigenvalue weighted by molar-refractivity contribution is 0.104. The van der Waals surface area contributed by atoms with Gasteiger partial charge in [-0.3, -0.25) is 9.59 Å². The second-order valence-electron chi connectivity index (χ2n) is 8.80. The van der Waals surface area contributed by atoms with Crippen LogP contribution in [0.1, 0.15) is 42.6 Å². The maximum atomic E-state index is 13.9. The van der Waals surface area contributed by atoms with E-state index in [4.69, 9.17) is 18.9 Å². The Labute approximate surface area is 204 Å². The monoisotopic (exact) mass is 478 g/mol. The van der Waals surface area contributed by atoms with Crippen molar-refractivity contribution in [3.05, 3.63) is 45.7 Å². The highest BCUT2D eigenvalue weighted by atomic mass is 16.7. The lowest BCUT2D eigenvalue weighted by Crippen LogP contribution is -2.29. The lowest BCUT2D eigenvalue weighted by atomic mass is 10.0. The molecule has 0 N–H and O–H groups in total. The lowest BCUT2D eigenvalue weighted by Gasteiger charge is -2.21. The Morgan fingerprint density at radius 1 is 0.914 bits per heavy atom. The van der Waals surface area contributed by atoms with E-state index >= 15 is 0 Å². The summed E-state index contributed by atoms with van der Waals surface area (Å²) in [6, 6.07) is 6.94. The topological polar surface area (TPSA) is 79.2 Å². The average Bonchev–Trinajstić information content (AvgIpc) is 3.45. The number of ketones is 1. The molecule has 0 saturated carbocycles. The zero-order valence-electron chi connectivity index (χ0n) is 20.6. The maximum absolute atomic E-state index is 13.9. The molecule has 0 radical (unpaired) electrons. The molecule has 2 heterocycles. The zero-order valence-corrected chi connectivity index (χ0v) is 20.6. The van der Waals surface area contributed by atoms with Crippen molar-refractivity contribution in [1.29, 1.82) is 0 Å². The molecule has 0 unspecified atom stereocenters. The third kappa shape index (κ3) is 3.72. The van der Waals surface area contributed by atoms with Gasteiger partial charge >= 0.3 is 0 Å². The molecule has 0 atom stereocenters. The molecular formula is C27H30N2O6. The number of carbonyl (C=O) groups is 1. The third-order valence-corrected chi connectivity index (χ3v) is 6.86. The van der Waals surface area contributed by atoms with Crippen LogP contribution >= 0.6 is 0 Å². The number of hydrogen-bond donors (Lipinski definition) is 0. The number of carbonyl (C=O) groups excluding carboxylic acids is 1. The van der Waals surface area contributed by atoms with Gasteiger partial charge in [-0.15, -0.1) is 0 Å². The zero-order chi connectivity index (χ0) is 24.7. The number of methoxy groups -OCH3 is 2. The van der Waals surface area contributed by atoms with Gasteiger partial charge in [0.25, 0.3) is 5.56 Å². The SMILES string of the molecule is CCCN(CC)CCCn1c2c(c3cc(OC)c(OC)cc3c1=O)C(=O)c1cc3c(cc1-2)OCO3. The van der Waals surface area contributed by atoms with E-state index < -0.39 is 0 Å². The second-order valence-corrected chi connectivity index (χ2v) is 8.80. The molecule has 1 aliphatic carbocycles. The van der Waals surface area contributed by atoms with Crippen LogP contribution in [-0.4, -0.2) is 55.9 Å². The molecule has 0 bridgehead atoms. The predicted molar refractivity (Wildman–Crippen MR) is 133 cm³/mol. The minimum absolute atomic E-state index is 0.116. The van der Waals surface area contributed by atoms with Crippen LogP contribution in [-0.2, 0) is 6.54 Å². The molecule has 0 saturated heterocycles. The van der Waals surface area contributed by atoms with Crippen LogP contribution < -0.4 is 24.5 Å². The van der Waals surface area contributed by atoms with Crippen molar-refractivity contribution in [3.8, 4) is 34.3 Å². The minimum Gasteiger partial charge on any atom is -0.493 e. The highest BCUT2D eigenvalue weighted by Crippen LogP contribution is 2.46. The molecule has 8 nitrogen and oxygen atoms in total. The fraction of sp³-hybridized carbons (Fsp3) is 0.407. The van der Waals surface area contributed by atoms with Crippen molar-refractivity contribution in [3.63, 3.8) is 0 Å². The van der Waals surface area contributed by atoms with Crippen LogP contribution in [0.25, 0.3) is 22.0 Å². The Bertz CT molecular complexity index is 1380. The summed E-state index contributed by atoms with van der Waals surface area (Å²) in [6.45, 7) is 7.77. The molecule has 8 heteroatoms. The fourth-order valence-corrected chi connectivity index (χ4v) is 5.15. The van der Waals surface area contributed by atoms with Crippen LogP contribution in [0.15, 0.2) is 29.1 Å². The van der Waals surface area contributed by atoms with Gasteiger partial charge in [-0.2, -0.15) is 0 Å². The molecule has 5 rings (SSSR count). The second kappa shape index (κ2) is 9.26. The summed E-state index contributed by atoms with van der Waals surface area (Å²) in [4.78, 5) is 30.0. The molecule has 0 amide bonds. The van der Waals surface area contributed by atoms with E-state index in [1.807, 2.05) is 6.07 Å². The van der Waals surface area contributed by atoms with Gasteiger partial charge in [-0.1, -0.05) is 13.8 Å². The number of ether oxygens (including phenoxy) is 4. The first-order valence-corrected chi connectivity index (χ1v) is 12.1. The van der Waals surface area contributed by atoms with Gasteiger partial charge in [0.1, 0.15) is 0 Å². The summed E-state index contributed by atoms with van der Waals surface area (Å²) in [5.41, 5.74) is 2.19. The molecule has 2 aliphatic rings. The van der Waals surface area contributed by atoms with Crippen LogP contribution in [0.5, 0.6) is 23.0 Å². The van der Waals surface area contributed by atoms with E-state index in [2.05, 4.69) is 18.7 Å². The highest BCUT2D eigenvalue weighted by molar-refractivity contribution is 6.27. The van der Waals surface area contributed by atoms with Gasteiger partial charge in [-0.05, 0) is 56.7 Å². The quantitative estimate of drug-likeness (QED) is 0.359. The number of rotatable bonds is 9. The Balaban J connectivity index is 1.71. The number of aromatic nitrogens is 1. The van der Waals surface area contributed by atoms with Gasteiger partial charge in [0.15, 0.2) is 28.8 Å². The highest BCUT2D eigenvalue weighted by Gasteiger charge is 2.35. The standard InChI is InChI=1S/C27H30N2O6/c1-5-8-28(6-2)9-7-10-29-25-17-12-22-23(35-15-34-22)13-18(17)26(30)24(25)16-11-20(32-3)21(33-4)14-19(16)27(29)31/h11-14H,5-10,15H2,1-4H3. The van der Waals surface area contributed by atoms with Gasteiger partial charge in [0.2, 0.25) is 6.79 Å². The first-order valence-electron chi connectivity index (χ1n) is 12.1. The van der Waals surface area contributed by atoms with E-state index in [9.17, 15) is 9.59 Å². The van der Waals surface area contributed by atoms with Crippen LogP contribution in [0, 0.1) is 0 Å². The number of nitrogens with zero attached hydrogens (tertiary/aromatic N) is 2. The molecule has 0 fully saturated rings. The van der Waals surface area contributed by atoms with E-state index in [0.29, 0.717) is 62.7 Å². The van der Waals surface area contributed by atoms with Crippen molar-refractivity contribution in [2.24, 2.45) is 0 Å². The number of hydrogen-bond acceptors (Lipinski definition) is 7. The Hall–Kier alpha value is -3.52. The summed E-state index contributed by atoms with van der Waals surface area (Å²) < 4.78 is 23.8. The molecule has 1 aromatic heterocycles.